The predicted molar refractivity (Wildman–Crippen MR) is 123 cm³/mol. The third-order valence-corrected chi connectivity index (χ3v) is 6.51. The van der Waals surface area contributed by atoms with E-state index in [1.54, 1.807) is 19.2 Å². The lowest BCUT2D eigenvalue weighted by Gasteiger charge is -2.11. The molecule has 31 heavy (non-hydrogen) atoms. The summed E-state index contributed by atoms with van der Waals surface area (Å²) in [5.74, 6) is 1.39. The van der Waals surface area contributed by atoms with Crippen molar-refractivity contribution in [1.29, 1.82) is 0 Å². The molecular weight excluding hydrogens is 434 g/mol. The lowest BCUT2D eigenvalue weighted by molar-refractivity contribution is -0.116. The Morgan fingerprint density at radius 1 is 1.39 bits per heavy atom. The molecule has 6 nitrogen and oxygen atoms in total. The number of nitrogens with zero attached hydrogens (tertiary/aromatic N) is 1. The molecule has 1 unspecified atom stereocenters. The summed E-state index contributed by atoms with van der Waals surface area (Å²) in [6.45, 7) is 3.95. The number of ether oxygens (including phenoxy) is 1. The number of rotatable bonds is 7. The quantitative estimate of drug-likeness (QED) is 0.400. The van der Waals surface area contributed by atoms with Gasteiger partial charge in [-0.2, -0.15) is 0 Å². The second kappa shape index (κ2) is 9.08. The third kappa shape index (κ3) is 4.89. The van der Waals surface area contributed by atoms with E-state index < -0.39 is 0 Å². The van der Waals surface area contributed by atoms with Gasteiger partial charge in [-0.25, -0.2) is 4.98 Å². The molecule has 0 radical (unpaired) electrons. The molecule has 0 saturated carbocycles. The second-order valence-electron chi connectivity index (χ2n) is 7.33. The van der Waals surface area contributed by atoms with Gasteiger partial charge in [0, 0.05) is 29.4 Å². The van der Waals surface area contributed by atoms with E-state index in [0.29, 0.717) is 23.7 Å². The second-order valence-corrected chi connectivity index (χ2v) is 8.82. The third-order valence-electron chi connectivity index (χ3n) is 4.99. The summed E-state index contributed by atoms with van der Waals surface area (Å²) in [6, 6.07) is 7.66. The first-order chi connectivity index (χ1) is 14.9. The monoisotopic (exact) mass is 455 g/mol. The van der Waals surface area contributed by atoms with Crippen molar-refractivity contribution in [1.82, 2.24) is 15.3 Å². The highest BCUT2D eigenvalue weighted by atomic mass is 35.5. The minimum atomic E-state index is -0.200. The largest absolute Gasteiger partial charge is 0.486 e. The molecule has 0 aliphatic carbocycles. The normalized spacial score (nSPS) is 15.1. The van der Waals surface area contributed by atoms with E-state index in [4.69, 9.17) is 16.3 Å². The zero-order chi connectivity index (χ0) is 22.0. The smallest absolute Gasteiger partial charge is 0.244 e. The number of Topliss-reactive ketones (excluding diaryl/α,β-unsaturated/α-hetero) is 1. The van der Waals surface area contributed by atoms with E-state index in [9.17, 15) is 9.59 Å². The van der Waals surface area contributed by atoms with Gasteiger partial charge in [0.15, 0.2) is 5.78 Å². The molecule has 3 aromatic rings. The number of aromatic amines is 1. The van der Waals surface area contributed by atoms with Gasteiger partial charge in [0.2, 0.25) is 5.91 Å². The van der Waals surface area contributed by atoms with Crippen molar-refractivity contribution >= 4 is 40.7 Å². The minimum absolute atomic E-state index is 0.0510. The number of ketones is 1. The van der Waals surface area contributed by atoms with E-state index >= 15 is 0 Å². The number of carbonyl (C=O) groups is 2. The number of imidazole rings is 1. The molecule has 2 aromatic heterocycles. The van der Waals surface area contributed by atoms with Crippen LogP contribution in [-0.2, 0) is 17.6 Å². The lowest BCUT2D eigenvalue weighted by Crippen LogP contribution is -2.33. The van der Waals surface area contributed by atoms with Crippen LogP contribution in [0.15, 0.2) is 36.5 Å². The Labute approximate surface area is 189 Å². The molecule has 1 aliphatic rings. The lowest BCUT2D eigenvalue weighted by atomic mass is 10.1. The summed E-state index contributed by atoms with van der Waals surface area (Å²) in [5, 5.41) is 3.40. The van der Waals surface area contributed by atoms with Crippen LogP contribution in [0.3, 0.4) is 0 Å². The minimum Gasteiger partial charge on any atom is -0.486 e. The van der Waals surface area contributed by atoms with Gasteiger partial charge < -0.3 is 15.0 Å². The van der Waals surface area contributed by atoms with Crippen molar-refractivity contribution in [3.05, 3.63) is 63.5 Å². The van der Waals surface area contributed by atoms with Crippen LogP contribution in [-0.4, -0.2) is 34.3 Å². The zero-order valence-electron chi connectivity index (χ0n) is 17.2. The zero-order valence-corrected chi connectivity index (χ0v) is 18.8. The Bertz CT molecular complexity index is 1160. The summed E-state index contributed by atoms with van der Waals surface area (Å²) in [6.07, 6.45) is 6.16. The van der Waals surface area contributed by atoms with Gasteiger partial charge in [0.25, 0.3) is 0 Å². The van der Waals surface area contributed by atoms with Crippen LogP contribution in [0.1, 0.15) is 40.6 Å². The number of carbonyl (C=O) groups excluding carboxylic acids is 2. The van der Waals surface area contributed by atoms with Crippen LogP contribution >= 0.6 is 22.9 Å². The summed E-state index contributed by atoms with van der Waals surface area (Å²) in [7, 11) is 0. The van der Waals surface area contributed by atoms with Crippen molar-refractivity contribution in [3.8, 4) is 16.2 Å². The maximum Gasteiger partial charge on any atom is 0.244 e. The number of benzene rings is 1. The Morgan fingerprint density at radius 3 is 2.94 bits per heavy atom. The van der Waals surface area contributed by atoms with Gasteiger partial charge in [-0.1, -0.05) is 18.5 Å². The van der Waals surface area contributed by atoms with Crippen molar-refractivity contribution in [3.63, 3.8) is 0 Å². The average molecular weight is 456 g/mol. The van der Waals surface area contributed by atoms with Crippen LogP contribution in [0.2, 0.25) is 5.02 Å². The highest BCUT2D eigenvalue weighted by molar-refractivity contribution is 7.17. The summed E-state index contributed by atoms with van der Waals surface area (Å²) < 4.78 is 5.97. The van der Waals surface area contributed by atoms with Crippen molar-refractivity contribution in [2.75, 3.05) is 6.54 Å². The van der Waals surface area contributed by atoms with Crippen LogP contribution in [0.5, 0.6) is 5.75 Å². The number of thiophene rings is 1. The molecular formula is C23H22ClN3O3S. The van der Waals surface area contributed by atoms with E-state index in [0.717, 1.165) is 38.8 Å². The van der Waals surface area contributed by atoms with Crippen molar-refractivity contribution < 1.29 is 14.3 Å². The Hall–Kier alpha value is -2.90. The van der Waals surface area contributed by atoms with Gasteiger partial charge in [-0.15, -0.1) is 11.3 Å². The molecule has 160 valence electrons. The number of aryl methyl sites for hydroxylation is 1. The molecule has 2 N–H and O–H groups in total. The first-order valence-electron chi connectivity index (χ1n) is 10.0. The number of halogens is 1. The molecule has 4 rings (SSSR count). The molecule has 0 spiro atoms. The number of amides is 1. The van der Waals surface area contributed by atoms with E-state index in [1.807, 2.05) is 31.2 Å². The predicted octanol–water partition coefficient (Wildman–Crippen LogP) is 4.69. The van der Waals surface area contributed by atoms with Crippen LogP contribution in [0.4, 0.5) is 0 Å². The SMILES string of the molecule is CCc1ncc(/C=C/C(=O)NCC2Cc3cc(-c4ccc(C(C)=O)s4)cc(Cl)c3O2)[nH]1. The van der Waals surface area contributed by atoms with E-state index in [-0.39, 0.29) is 17.8 Å². The van der Waals surface area contributed by atoms with Gasteiger partial charge >= 0.3 is 0 Å². The van der Waals surface area contributed by atoms with Crippen LogP contribution in [0.25, 0.3) is 16.5 Å². The van der Waals surface area contributed by atoms with Crippen molar-refractivity contribution in [2.45, 2.75) is 32.8 Å². The molecule has 3 heterocycles. The highest BCUT2D eigenvalue weighted by Crippen LogP contribution is 2.41. The Balaban J connectivity index is 1.37. The number of nitrogens with one attached hydrogen (secondary N) is 2. The average Bonchev–Trinajstić information content (AvgIpc) is 3.49. The fraction of sp³-hybridized carbons (Fsp3) is 0.261. The maximum atomic E-state index is 12.1. The van der Waals surface area contributed by atoms with E-state index in [2.05, 4.69) is 15.3 Å². The standard InChI is InChI=1S/C23H22ClN3O3S/c1-3-21-25-11-16(27-21)4-7-22(29)26-12-17-9-15-8-14(10-18(24)23(15)30-17)20-6-5-19(31-20)13(2)28/h4-8,10-11,17H,3,9,12H2,1-2H3,(H,25,27)(H,26,29)/b7-4+. The first kappa shape index (κ1) is 21.3. The van der Waals surface area contributed by atoms with E-state index in [1.165, 1.54) is 17.4 Å². The molecule has 1 aliphatic heterocycles. The fourth-order valence-electron chi connectivity index (χ4n) is 3.41. The number of fused-ring (bicyclic) bond motifs is 1. The number of H-pyrrole nitrogens is 1. The summed E-state index contributed by atoms with van der Waals surface area (Å²) in [4.78, 5) is 32.8. The maximum absolute atomic E-state index is 12.1. The Morgan fingerprint density at radius 2 is 2.23 bits per heavy atom. The number of hydrogen-bond acceptors (Lipinski definition) is 5. The summed E-state index contributed by atoms with van der Waals surface area (Å²) in [5.41, 5.74) is 2.75. The molecule has 1 aromatic carbocycles. The van der Waals surface area contributed by atoms with Gasteiger partial charge in [0.1, 0.15) is 17.7 Å². The topological polar surface area (TPSA) is 84.1 Å². The Kier molecular flexibility index (Phi) is 6.25. The summed E-state index contributed by atoms with van der Waals surface area (Å²) >= 11 is 7.91. The van der Waals surface area contributed by atoms with Gasteiger partial charge in [-0.3, -0.25) is 9.59 Å². The molecule has 0 saturated heterocycles. The fourth-order valence-corrected chi connectivity index (χ4v) is 4.58. The van der Waals surface area contributed by atoms with Crippen LogP contribution < -0.4 is 10.1 Å². The molecule has 1 amide bonds. The van der Waals surface area contributed by atoms with Crippen LogP contribution in [0, 0.1) is 0 Å². The number of aromatic nitrogens is 2. The molecule has 8 heteroatoms. The first-order valence-corrected chi connectivity index (χ1v) is 11.2. The van der Waals surface area contributed by atoms with Crippen molar-refractivity contribution in [2.24, 2.45) is 0 Å². The number of hydrogen-bond donors (Lipinski definition) is 2. The van der Waals surface area contributed by atoms with Gasteiger partial charge in [0.05, 0.1) is 28.3 Å². The molecule has 0 bridgehead atoms. The van der Waals surface area contributed by atoms with Gasteiger partial charge in [-0.05, 0) is 42.8 Å². The molecule has 0 fully saturated rings. The molecule has 1 atom stereocenters. The highest BCUT2D eigenvalue weighted by Gasteiger charge is 2.26.